The first-order valence-corrected chi connectivity index (χ1v) is 6.60. The maximum absolute atomic E-state index is 5.05. The fourth-order valence-electron chi connectivity index (χ4n) is 1.72. The number of aryl methyl sites for hydroxylation is 1. The van der Waals surface area contributed by atoms with Crippen molar-refractivity contribution in [1.82, 2.24) is 20.0 Å². The Morgan fingerprint density at radius 3 is 2.89 bits per heavy atom. The SMILES string of the molecule is CCn1cc(C(C)NCCN(C)CCOC)cn1. The summed E-state index contributed by atoms with van der Waals surface area (Å²) in [5.74, 6) is 0. The van der Waals surface area contributed by atoms with E-state index in [9.17, 15) is 0 Å². The van der Waals surface area contributed by atoms with Crippen molar-refractivity contribution in [3.8, 4) is 0 Å². The molecule has 0 aromatic carbocycles. The van der Waals surface area contributed by atoms with E-state index in [4.69, 9.17) is 4.74 Å². The Kier molecular flexibility index (Phi) is 6.93. The van der Waals surface area contributed by atoms with Gasteiger partial charge in [-0.05, 0) is 20.9 Å². The molecule has 0 saturated heterocycles. The Bertz CT molecular complexity index is 327. The molecule has 0 fully saturated rings. The molecule has 0 aliphatic heterocycles. The summed E-state index contributed by atoms with van der Waals surface area (Å²) in [5, 5.41) is 7.80. The van der Waals surface area contributed by atoms with Crippen LogP contribution in [0.15, 0.2) is 12.4 Å². The molecule has 1 unspecified atom stereocenters. The van der Waals surface area contributed by atoms with Crippen LogP contribution >= 0.6 is 0 Å². The van der Waals surface area contributed by atoms with Crippen LogP contribution in [-0.2, 0) is 11.3 Å². The van der Waals surface area contributed by atoms with Crippen molar-refractivity contribution in [2.75, 3.05) is 40.4 Å². The maximum Gasteiger partial charge on any atom is 0.0589 e. The number of ether oxygens (including phenoxy) is 1. The number of rotatable bonds is 9. The molecule has 1 aromatic heterocycles. The molecule has 5 heteroatoms. The molecule has 0 radical (unpaired) electrons. The highest BCUT2D eigenvalue weighted by atomic mass is 16.5. The topological polar surface area (TPSA) is 42.3 Å². The molecule has 0 saturated carbocycles. The fraction of sp³-hybridized carbons (Fsp3) is 0.769. The zero-order valence-electron chi connectivity index (χ0n) is 12.0. The van der Waals surface area contributed by atoms with Crippen LogP contribution < -0.4 is 5.32 Å². The van der Waals surface area contributed by atoms with Gasteiger partial charge in [-0.2, -0.15) is 5.10 Å². The van der Waals surface area contributed by atoms with E-state index in [1.54, 1.807) is 7.11 Å². The highest BCUT2D eigenvalue weighted by Gasteiger charge is 2.07. The number of hydrogen-bond donors (Lipinski definition) is 1. The van der Waals surface area contributed by atoms with Gasteiger partial charge in [0.05, 0.1) is 12.8 Å². The molecule has 0 aliphatic carbocycles. The first-order chi connectivity index (χ1) is 8.67. The summed E-state index contributed by atoms with van der Waals surface area (Å²) in [4.78, 5) is 2.26. The summed E-state index contributed by atoms with van der Waals surface area (Å²) < 4.78 is 7.01. The minimum Gasteiger partial charge on any atom is -0.383 e. The van der Waals surface area contributed by atoms with Gasteiger partial charge in [-0.15, -0.1) is 0 Å². The molecule has 1 heterocycles. The van der Waals surface area contributed by atoms with E-state index >= 15 is 0 Å². The third-order valence-corrected chi connectivity index (χ3v) is 3.10. The maximum atomic E-state index is 5.05. The molecule has 0 bridgehead atoms. The molecule has 1 rings (SSSR count). The first-order valence-electron chi connectivity index (χ1n) is 6.60. The number of methoxy groups -OCH3 is 1. The van der Waals surface area contributed by atoms with Crippen LogP contribution in [0.4, 0.5) is 0 Å². The van der Waals surface area contributed by atoms with Crippen LogP contribution in [0.2, 0.25) is 0 Å². The van der Waals surface area contributed by atoms with E-state index in [2.05, 4.69) is 42.4 Å². The highest BCUT2D eigenvalue weighted by molar-refractivity contribution is 5.08. The Balaban J connectivity index is 2.22. The van der Waals surface area contributed by atoms with Crippen LogP contribution in [0.1, 0.15) is 25.5 Å². The van der Waals surface area contributed by atoms with Gasteiger partial charge >= 0.3 is 0 Å². The van der Waals surface area contributed by atoms with E-state index in [-0.39, 0.29) is 0 Å². The number of aromatic nitrogens is 2. The molecule has 1 aromatic rings. The average Bonchev–Trinajstić information content (AvgIpc) is 2.85. The molecular weight excluding hydrogens is 228 g/mol. The third kappa shape index (κ3) is 5.16. The van der Waals surface area contributed by atoms with Gasteiger partial charge in [0.2, 0.25) is 0 Å². The third-order valence-electron chi connectivity index (χ3n) is 3.10. The van der Waals surface area contributed by atoms with Crippen molar-refractivity contribution in [2.24, 2.45) is 0 Å². The summed E-state index contributed by atoms with van der Waals surface area (Å²) in [6, 6.07) is 0.348. The zero-order chi connectivity index (χ0) is 13.4. The van der Waals surface area contributed by atoms with Gasteiger partial charge in [0, 0.05) is 51.1 Å². The fourth-order valence-corrected chi connectivity index (χ4v) is 1.72. The van der Waals surface area contributed by atoms with Crippen molar-refractivity contribution < 1.29 is 4.74 Å². The lowest BCUT2D eigenvalue weighted by atomic mass is 10.2. The Morgan fingerprint density at radius 1 is 1.50 bits per heavy atom. The molecule has 0 amide bonds. The first kappa shape index (κ1) is 15.1. The highest BCUT2D eigenvalue weighted by Crippen LogP contribution is 2.10. The second kappa shape index (κ2) is 8.24. The van der Waals surface area contributed by atoms with Crippen LogP contribution in [-0.4, -0.2) is 55.1 Å². The Morgan fingerprint density at radius 2 is 2.28 bits per heavy atom. The largest absolute Gasteiger partial charge is 0.383 e. The summed E-state index contributed by atoms with van der Waals surface area (Å²) in [7, 11) is 3.85. The van der Waals surface area contributed by atoms with Gasteiger partial charge < -0.3 is 15.0 Å². The number of hydrogen-bond acceptors (Lipinski definition) is 4. The van der Waals surface area contributed by atoms with E-state index in [0.717, 1.165) is 32.8 Å². The Labute approximate surface area is 110 Å². The van der Waals surface area contributed by atoms with Crippen LogP contribution in [0.3, 0.4) is 0 Å². The van der Waals surface area contributed by atoms with Gasteiger partial charge in [0.1, 0.15) is 0 Å². The number of nitrogens with zero attached hydrogens (tertiary/aromatic N) is 3. The smallest absolute Gasteiger partial charge is 0.0589 e. The lowest BCUT2D eigenvalue weighted by molar-refractivity contribution is 0.161. The van der Waals surface area contributed by atoms with E-state index in [1.165, 1.54) is 5.56 Å². The van der Waals surface area contributed by atoms with E-state index in [0.29, 0.717) is 6.04 Å². The number of likely N-dealkylation sites (N-methyl/N-ethyl adjacent to an activating group) is 1. The minimum atomic E-state index is 0.348. The number of nitrogens with one attached hydrogen (secondary N) is 1. The lowest BCUT2D eigenvalue weighted by Crippen LogP contribution is -2.32. The van der Waals surface area contributed by atoms with Crippen molar-refractivity contribution >= 4 is 0 Å². The normalized spacial score (nSPS) is 13.2. The van der Waals surface area contributed by atoms with Crippen molar-refractivity contribution in [3.63, 3.8) is 0 Å². The van der Waals surface area contributed by atoms with Gasteiger partial charge in [-0.3, -0.25) is 4.68 Å². The quantitative estimate of drug-likeness (QED) is 0.717. The van der Waals surface area contributed by atoms with Gasteiger partial charge in [-0.25, -0.2) is 0 Å². The molecule has 5 nitrogen and oxygen atoms in total. The zero-order valence-corrected chi connectivity index (χ0v) is 12.0. The molecular formula is C13H26N4O. The van der Waals surface area contributed by atoms with Gasteiger partial charge in [0.25, 0.3) is 0 Å². The van der Waals surface area contributed by atoms with Crippen molar-refractivity contribution in [2.45, 2.75) is 26.4 Å². The molecule has 0 spiro atoms. The van der Waals surface area contributed by atoms with Crippen LogP contribution in [0.25, 0.3) is 0 Å². The second-order valence-electron chi connectivity index (χ2n) is 4.60. The molecule has 104 valence electrons. The summed E-state index contributed by atoms with van der Waals surface area (Å²) in [6.07, 6.45) is 4.04. The van der Waals surface area contributed by atoms with Crippen LogP contribution in [0.5, 0.6) is 0 Å². The predicted molar refractivity (Wildman–Crippen MR) is 73.7 cm³/mol. The van der Waals surface area contributed by atoms with E-state index < -0.39 is 0 Å². The molecule has 18 heavy (non-hydrogen) atoms. The van der Waals surface area contributed by atoms with Crippen LogP contribution in [0, 0.1) is 0 Å². The summed E-state index contributed by atoms with van der Waals surface area (Å²) in [6.45, 7) is 8.95. The lowest BCUT2D eigenvalue weighted by Gasteiger charge is -2.18. The predicted octanol–water partition coefficient (Wildman–Crippen LogP) is 1.13. The molecule has 1 N–H and O–H groups in total. The molecule has 1 atom stereocenters. The summed E-state index contributed by atoms with van der Waals surface area (Å²) in [5.41, 5.74) is 1.25. The molecule has 0 aliphatic rings. The van der Waals surface area contributed by atoms with Crippen molar-refractivity contribution in [3.05, 3.63) is 18.0 Å². The summed E-state index contributed by atoms with van der Waals surface area (Å²) >= 11 is 0. The minimum absolute atomic E-state index is 0.348. The standard InChI is InChI=1S/C13H26N4O/c1-5-17-11-13(10-15-17)12(2)14-6-7-16(3)8-9-18-4/h10-12,14H,5-9H2,1-4H3. The van der Waals surface area contributed by atoms with Crippen molar-refractivity contribution in [1.29, 1.82) is 0 Å². The van der Waals surface area contributed by atoms with E-state index in [1.807, 2.05) is 10.9 Å². The average molecular weight is 254 g/mol. The Hall–Kier alpha value is -0.910. The van der Waals surface area contributed by atoms with Gasteiger partial charge in [0.15, 0.2) is 0 Å². The van der Waals surface area contributed by atoms with Gasteiger partial charge in [-0.1, -0.05) is 0 Å². The monoisotopic (exact) mass is 254 g/mol. The second-order valence-corrected chi connectivity index (χ2v) is 4.60.